The van der Waals surface area contributed by atoms with Gasteiger partial charge in [-0.05, 0) is 18.8 Å². The van der Waals surface area contributed by atoms with E-state index >= 15 is 0 Å². The standard InChI is InChI=1S/C15H25N5O/c1-4-11-5-7-20(8-6-11)15(21)13-12(19-16)9-17-14(18-13)10(2)3/h9-11,19H,4-8,16H2,1-3H3. The number of anilines is 1. The van der Waals surface area contributed by atoms with Crippen molar-refractivity contribution in [2.45, 2.75) is 46.0 Å². The lowest BCUT2D eigenvalue weighted by Gasteiger charge is -2.31. The van der Waals surface area contributed by atoms with Gasteiger partial charge in [0.25, 0.3) is 5.91 Å². The molecule has 0 spiro atoms. The molecule has 6 heteroatoms. The Morgan fingerprint density at radius 2 is 2.14 bits per heavy atom. The third-order valence-electron chi connectivity index (χ3n) is 4.16. The molecule has 1 aliphatic rings. The lowest BCUT2D eigenvalue weighted by atomic mass is 9.94. The van der Waals surface area contributed by atoms with Gasteiger partial charge in [-0.25, -0.2) is 9.97 Å². The van der Waals surface area contributed by atoms with Crippen LogP contribution in [0, 0.1) is 5.92 Å². The zero-order valence-electron chi connectivity index (χ0n) is 13.1. The molecule has 0 aromatic carbocycles. The molecular formula is C15H25N5O. The van der Waals surface area contributed by atoms with Crippen molar-refractivity contribution in [2.24, 2.45) is 11.8 Å². The average molecular weight is 291 g/mol. The molecule has 2 heterocycles. The molecule has 1 aromatic rings. The first-order chi connectivity index (χ1) is 10.1. The minimum atomic E-state index is -0.0539. The van der Waals surface area contributed by atoms with Gasteiger partial charge in [-0.15, -0.1) is 0 Å². The number of nitrogens with one attached hydrogen (secondary N) is 1. The molecule has 0 atom stereocenters. The van der Waals surface area contributed by atoms with E-state index in [0.29, 0.717) is 17.2 Å². The van der Waals surface area contributed by atoms with E-state index in [4.69, 9.17) is 5.84 Å². The van der Waals surface area contributed by atoms with Gasteiger partial charge in [0, 0.05) is 19.0 Å². The number of carbonyl (C=O) groups is 1. The molecule has 1 aliphatic heterocycles. The van der Waals surface area contributed by atoms with Crippen LogP contribution in [0.2, 0.25) is 0 Å². The first-order valence-electron chi connectivity index (χ1n) is 7.69. The highest BCUT2D eigenvalue weighted by molar-refractivity contribution is 5.97. The quantitative estimate of drug-likeness (QED) is 0.656. The van der Waals surface area contributed by atoms with Gasteiger partial charge in [0.1, 0.15) is 5.82 Å². The van der Waals surface area contributed by atoms with Gasteiger partial charge in [0.2, 0.25) is 0 Å². The van der Waals surface area contributed by atoms with Gasteiger partial charge in [-0.1, -0.05) is 27.2 Å². The van der Waals surface area contributed by atoms with Crippen LogP contribution in [0.25, 0.3) is 0 Å². The average Bonchev–Trinajstić information content (AvgIpc) is 2.53. The molecule has 0 aliphatic carbocycles. The van der Waals surface area contributed by atoms with Gasteiger partial charge in [-0.3, -0.25) is 10.6 Å². The smallest absolute Gasteiger partial charge is 0.274 e. The Morgan fingerprint density at radius 1 is 1.48 bits per heavy atom. The number of aromatic nitrogens is 2. The first-order valence-corrected chi connectivity index (χ1v) is 7.69. The van der Waals surface area contributed by atoms with Gasteiger partial charge >= 0.3 is 0 Å². The second kappa shape index (κ2) is 6.85. The van der Waals surface area contributed by atoms with Crippen LogP contribution in [0.3, 0.4) is 0 Å². The van der Waals surface area contributed by atoms with Gasteiger partial charge in [0.15, 0.2) is 5.69 Å². The maximum absolute atomic E-state index is 12.7. The Balaban J connectivity index is 2.20. The van der Waals surface area contributed by atoms with E-state index in [0.717, 1.165) is 31.8 Å². The van der Waals surface area contributed by atoms with E-state index in [1.165, 1.54) is 6.42 Å². The van der Waals surface area contributed by atoms with E-state index in [1.54, 1.807) is 6.20 Å². The summed E-state index contributed by atoms with van der Waals surface area (Å²) in [7, 11) is 0. The number of nitrogens with zero attached hydrogens (tertiary/aromatic N) is 3. The van der Waals surface area contributed by atoms with E-state index in [9.17, 15) is 4.79 Å². The second-order valence-corrected chi connectivity index (χ2v) is 5.93. The van der Waals surface area contributed by atoms with Crippen molar-refractivity contribution in [3.8, 4) is 0 Å². The van der Waals surface area contributed by atoms with Crippen LogP contribution < -0.4 is 11.3 Å². The number of rotatable bonds is 4. The van der Waals surface area contributed by atoms with Crippen molar-refractivity contribution in [1.29, 1.82) is 0 Å². The molecule has 1 saturated heterocycles. The third-order valence-corrected chi connectivity index (χ3v) is 4.16. The zero-order valence-corrected chi connectivity index (χ0v) is 13.1. The van der Waals surface area contributed by atoms with Crippen LogP contribution in [-0.2, 0) is 0 Å². The highest BCUT2D eigenvalue weighted by Crippen LogP contribution is 2.23. The number of amides is 1. The van der Waals surface area contributed by atoms with Crippen LogP contribution in [-0.4, -0.2) is 33.9 Å². The summed E-state index contributed by atoms with van der Waals surface area (Å²) >= 11 is 0. The van der Waals surface area contributed by atoms with Crippen molar-refractivity contribution in [1.82, 2.24) is 14.9 Å². The van der Waals surface area contributed by atoms with Crippen LogP contribution >= 0.6 is 0 Å². The van der Waals surface area contributed by atoms with Crippen LogP contribution in [0.15, 0.2) is 6.20 Å². The Kier molecular flexibility index (Phi) is 5.12. The van der Waals surface area contributed by atoms with Crippen molar-refractivity contribution in [3.63, 3.8) is 0 Å². The van der Waals surface area contributed by atoms with E-state index in [1.807, 2.05) is 18.7 Å². The number of likely N-dealkylation sites (tertiary alicyclic amines) is 1. The summed E-state index contributed by atoms with van der Waals surface area (Å²) in [4.78, 5) is 23.2. The van der Waals surface area contributed by atoms with Gasteiger partial charge in [0.05, 0.1) is 11.9 Å². The van der Waals surface area contributed by atoms with E-state index < -0.39 is 0 Å². The van der Waals surface area contributed by atoms with Crippen LogP contribution in [0.1, 0.15) is 62.3 Å². The summed E-state index contributed by atoms with van der Waals surface area (Å²) in [6.07, 6.45) is 4.91. The molecule has 1 fully saturated rings. The summed E-state index contributed by atoms with van der Waals surface area (Å²) in [5, 5.41) is 0. The number of carbonyl (C=O) groups excluding carboxylic acids is 1. The molecule has 0 radical (unpaired) electrons. The van der Waals surface area contributed by atoms with Crippen molar-refractivity contribution in [2.75, 3.05) is 18.5 Å². The molecule has 1 amide bonds. The Bertz CT molecular complexity index is 495. The third kappa shape index (κ3) is 3.50. The minimum absolute atomic E-state index is 0.0539. The summed E-state index contributed by atoms with van der Waals surface area (Å²) in [5.41, 5.74) is 3.40. The molecule has 0 bridgehead atoms. The second-order valence-electron chi connectivity index (χ2n) is 5.93. The lowest BCUT2D eigenvalue weighted by Crippen LogP contribution is -2.39. The molecule has 116 valence electrons. The number of nitrogen functional groups attached to an aromatic ring is 1. The largest absolute Gasteiger partial charge is 0.337 e. The van der Waals surface area contributed by atoms with Gasteiger partial charge < -0.3 is 10.3 Å². The van der Waals surface area contributed by atoms with Crippen molar-refractivity contribution < 1.29 is 4.79 Å². The SMILES string of the molecule is CCC1CCN(C(=O)c2nc(C(C)C)ncc2NN)CC1. The molecule has 6 nitrogen and oxygen atoms in total. The van der Waals surface area contributed by atoms with Crippen LogP contribution in [0.5, 0.6) is 0 Å². The molecule has 0 saturated carbocycles. The van der Waals surface area contributed by atoms with Crippen LogP contribution in [0.4, 0.5) is 5.69 Å². The maximum Gasteiger partial charge on any atom is 0.274 e. The predicted octanol–water partition coefficient (Wildman–Crippen LogP) is 2.15. The topological polar surface area (TPSA) is 84.1 Å². The summed E-state index contributed by atoms with van der Waals surface area (Å²) in [6, 6.07) is 0. The molecule has 0 unspecified atom stereocenters. The number of hydrazine groups is 1. The van der Waals surface area contributed by atoms with E-state index in [2.05, 4.69) is 22.3 Å². The van der Waals surface area contributed by atoms with Crippen molar-refractivity contribution >= 4 is 11.6 Å². The molecule has 3 N–H and O–H groups in total. The Morgan fingerprint density at radius 3 is 2.67 bits per heavy atom. The highest BCUT2D eigenvalue weighted by atomic mass is 16.2. The normalized spacial score (nSPS) is 16.3. The van der Waals surface area contributed by atoms with E-state index in [-0.39, 0.29) is 11.8 Å². The molecule has 2 rings (SSSR count). The summed E-state index contributed by atoms with van der Waals surface area (Å²) in [6.45, 7) is 7.81. The molecular weight excluding hydrogens is 266 g/mol. The fraction of sp³-hybridized carbons (Fsp3) is 0.667. The first kappa shape index (κ1) is 15.7. The minimum Gasteiger partial charge on any atom is -0.337 e. The lowest BCUT2D eigenvalue weighted by molar-refractivity contribution is 0.0683. The number of hydrogen-bond donors (Lipinski definition) is 2. The number of hydrogen-bond acceptors (Lipinski definition) is 5. The fourth-order valence-corrected chi connectivity index (χ4v) is 2.64. The molecule has 1 aromatic heterocycles. The summed E-state index contributed by atoms with van der Waals surface area (Å²) in [5.74, 6) is 7.01. The monoisotopic (exact) mass is 291 g/mol. The highest BCUT2D eigenvalue weighted by Gasteiger charge is 2.26. The van der Waals surface area contributed by atoms with Crippen molar-refractivity contribution in [3.05, 3.63) is 17.7 Å². The fourth-order valence-electron chi connectivity index (χ4n) is 2.64. The molecule has 21 heavy (non-hydrogen) atoms. The predicted molar refractivity (Wildman–Crippen MR) is 82.8 cm³/mol. The zero-order chi connectivity index (χ0) is 15.4. The Hall–Kier alpha value is -1.69. The van der Waals surface area contributed by atoms with Gasteiger partial charge in [-0.2, -0.15) is 0 Å². The Labute approximate surface area is 126 Å². The summed E-state index contributed by atoms with van der Waals surface area (Å²) < 4.78 is 0. The number of piperidine rings is 1. The maximum atomic E-state index is 12.7. The number of nitrogens with two attached hydrogens (primary N) is 1.